The van der Waals surface area contributed by atoms with Crippen LogP contribution < -0.4 is 19.9 Å². The zero-order valence-electron chi connectivity index (χ0n) is 15.6. The minimum absolute atomic E-state index is 0.0445. The topological polar surface area (TPSA) is 105 Å². The van der Waals surface area contributed by atoms with Crippen LogP contribution in [0.15, 0.2) is 46.4 Å². The standard InChI is InChI=1S/C20H16BrClN2O6/c1-2-29-14-9-11(16(21)17(22)18(14)30-10-15(25)26)8-13-19(27)23-24(20(13)28)12-6-4-3-5-7-12/h3-9H,2,10H2,1H3,(H,23,27)(H,25,26)/b13-8-. The molecule has 0 unspecified atom stereocenters. The molecular weight excluding hydrogens is 480 g/mol. The van der Waals surface area contributed by atoms with Gasteiger partial charge in [-0.2, -0.15) is 0 Å². The number of carboxylic acid groups (broad SMARTS) is 1. The maximum absolute atomic E-state index is 12.8. The van der Waals surface area contributed by atoms with Gasteiger partial charge in [-0.1, -0.05) is 29.8 Å². The third-order valence-electron chi connectivity index (χ3n) is 4.00. The second-order valence-electron chi connectivity index (χ2n) is 6.01. The first kappa shape index (κ1) is 21.7. The van der Waals surface area contributed by atoms with Crippen molar-refractivity contribution in [2.75, 3.05) is 18.2 Å². The lowest BCUT2D eigenvalue weighted by atomic mass is 10.1. The summed E-state index contributed by atoms with van der Waals surface area (Å²) in [5, 5.41) is 10.1. The van der Waals surface area contributed by atoms with Gasteiger partial charge in [-0.15, -0.1) is 0 Å². The largest absolute Gasteiger partial charge is 0.490 e. The van der Waals surface area contributed by atoms with Gasteiger partial charge in [0.25, 0.3) is 11.8 Å². The van der Waals surface area contributed by atoms with Crippen molar-refractivity contribution in [3.8, 4) is 11.5 Å². The highest BCUT2D eigenvalue weighted by Crippen LogP contribution is 2.43. The maximum Gasteiger partial charge on any atom is 0.341 e. The molecule has 0 atom stereocenters. The van der Waals surface area contributed by atoms with Crippen LogP contribution in [0, 0.1) is 0 Å². The third kappa shape index (κ3) is 4.42. The lowest BCUT2D eigenvalue weighted by Gasteiger charge is -2.15. The summed E-state index contributed by atoms with van der Waals surface area (Å²) in [6, 6.07) is 10.2. The number of amides is 2. The van der Waals surface area contributed by atoms with E-state index in [0.29, 0.717) is 15.7 Å². The molecule has 2 amide bonds. The summed E-state index contributed by atoms with van der Waals surface area (Å²) in [5.74, 6) is -2.05. The van der Waals surface area contributed by atoms with Gasteiger partial charge < -0.3 is 14.6 Å². The lowest BCUT2D eigenvalue weighted by molar-refractivity contribution is -0.139. The molecule has 0 saturated carbocycles. The van der Waals surface area contributed by atoms with Crippen molar-refractivity contribution in [2.45, 2.75) is 6.92 Å². The van der Waals surface area contributed by atoms with E-state index in [9.17, 15) is 14.4 Å². The van der Waals surface area contributed by atoms with Gasteiger partial charge in [0.15, 0.2) is 18.1 Å². The monoisotopic (exact) mass is 494 g/mol. The van der Waals surface area contributed by atoms with Gasteiger partial charge in [-0.25, -0.2) is 9.80 Å². The number of hydrogen-bond donors (Lipinski definition) is 2. The van der Waals surface area contributed by atoms with E-state index in [1.807, 2.05) is 0 Å². The SMILES string of the molecule is CCOc1cc(/C=C2/C(=O)NN(c3ccccc3)C2=O)c(Br)c(Cl)c1OCC(=O)O. The van der Waals surface area contributed by atoms with Crippen molar-refractivity contribution in [3.63, 3.8) is 0 Å². The zero-order valence-corrected chi connectivity index (χ0v) is 18.0. The average Bonchev–Trinajstić information content (AvgIpc) is 3.00. The number of carbonyl (C=O) groups is 3. The molecule has 1 aliphatic heterocycles. The second kappa shape index (κ2) is 9.19. The van der Waals surface area contributed by atoms with Crippen molar-refractivity contribution < 1.29 is 29.0 Å². The van der Waals surface area contributed by atoms with Crippen LogP contribution in [0.2, 0.25) is 5.02 Å². The number of halogens is 2. The average molecular weight is 496 g/mol. The van der Waals surface area contributed by atoms with E-state index in [0.717, 1.165) is 5.01 Å². The molecule has 8 nitrogen and oxygen atoms in total. The summed E-state index contributed by atoms with van der Waals surface area (Å²) in [6.45, 7) is 1.39. The van der Waals surface area contributed by atoms with Gasteiger partial charge in [0.05, 0.1) is 12.3 Å². The van der Waals surface area contributed by atoms with Crippen LogP contribution in [0.1, 0.15) is 12.5 Å². The second-order valence-corrected chi connectivity index (χ2v) is 7.18. The van der Waals surface area contributed by atoms with Crippen molar-refractivity contribution in [1.82, 2.24) is 5.43 Å². The molecule has 30 heavy (non-hydrogen) atoms. The molecule has 1 fully saturated rings. The first-order valence-electron chi connectivity index (χ1n) is 8.75. The van der Waals surface area contributed by atoms with E-state index >= 15 is 0 Å². The molecule has 2 N–H and O–H groups in total. The van der Waals surface area contributed by atoms with Gasteiger partial charge >= 0.3 is 5.97 Å². The minimum atomic E-state index is -1.18. The molecule has 0 radical (unpaired) electrons. The molecule has 1 saturated heterocycles. The Morgan fingerprint density at radius 1 is 1.27 bits per heavy atom. The van der Waals surface area contributed by atoms with Gasteiger partial charge in [-0.05, 0) is 52.7 Å². The predicted molar refractivity (Wildman–Crippen MR) is 113 cm³/mol. The first-order chi connectivity index (χ1) is 14.3. The van der Waals surface area contributed by atoms with Gasteiger partial charge in [0.1, 0.15) is 10.6 Å². The molecule has 156 valence electrons. The first-order valence-corrected chi connectivity index (χ1v) is 9.92. The highest BCUT2D eigenvalue weighted by molar-refractivity contribution is 9.10. The Hall–Kier alpha value is -3.04. The number of anilines is 1. The number of aliphatic carboxylic acids is 1. The minimum Gasteiger partial charge on any atom is -0.490 e. The fraction of sp³-hybridized carbons (Fsp3) is 0.150. The summed E-state index contributed by atoms with van der Waals surface area (Å²) in [5.41, 5.74) is 3.32. The molecular formula is C20H16BrClN2O6. The number of rotatable bonds is 7. The van der Waals surface area contributed by atoms with Gasteiger partial charge in [-0.3, -0.25) is 15.0 Å². The fourth-order valence-corrected chi connectivity index (χ4v) is 3.38. The highest BCUT2D eigenvalue weighted by Gasteiger charge is 2.34. The lowest BCUT2D eigenvalue weighted by Crippen LogP contribution is -2.35. The predicted octanol–water partition coefficient (Wildman–Crippen LogP) is 3.43. The number of benzene rings is 2. The Bertz CT molecular complexity index is 1040. The van der Waals surface area contributed by atoms with Gasteiger partial charge in [0.2, 0.25) is 0 Å². The summed E-state index contributed by atoms with van der Waals surface area (Å²) < 4.78 is 11.1. The molecule has 0 aromatic heterocycles. The van der Waals surface area contributed by atoms with Crippen molar-refractivity contribution in [2.24, 2.45) is 0 Å². The molecule has 0 spiro atoms. The summed E-state index contributed by atoms with van der Waals surface area (Å²) in [4.78, 5) is 36.0. The number of hydrogen-bond acceptors (Lipinski definition) is 5. The number of carboxylic acids is 1. The number of ether oxygens (including phenoxy) is 2. The van der Waals surface area contributed by atoms with E-state index in [4.69, 9.17) is 26.2 Å². The van der Waals surface area contributed by atoms with Crippen LogP contribution in [0.25, 0.3) is 6.08 Å². The van der Waals surface area contributed by atoms with Gasteiger partial charge in [0, 0.05) is 4.47 Å². The van der Waals surface area contributed by atoms with E-state index < -0.39 is 24.4 Å². The smallest absolute Gasteiger partial charge is 0.341 e. The molecule has 10 heteroatoms. The molecule has 1 heterocycles. The van der Waals surface area contributed by atoms with Crippen LogP contribution in [-0.4, -0.2) is 36.1 Å². The van der Waals surface area contributed by atoms with Crippen LogP contribution in [0.5, 0.6) is 11.5 Å². The Morgan fingerprint density at radius 3 is 2.60 bits per heavy atom. The Balaban J connectivity index is 2.01. The Morgan fingerprint density at radius 2 is 1.97 bits per heavy atom. The normalized spacial score (nSPS) is 14.8. The number of para-hydroxylation sites is 1. The molecule has 3 rings (SSSR count). The van der Waals surface area contributed by atoms with Crippen LogP contribution >= 0.6 is 27.5 Å². The fourth-order valence-electron chi connectivity index (χ4n) is 2.71. The quantitative estimate of drug-likeness (QED) is 0.450. The summed E-state index contributed by atoms with van der Waals surface area (Å²) in [7, 11) is 0. The van der Waals surface area contributed by atoms with Crippen LogP contribution in [-0.2, 0) is 14.4 Å². The van der Waals surface area contributed by atoms with Crippen molar-refractivity contribution in [1.29, 1.82) is 0 Å². The molecule has 2 aromatic carbocycles. The molecule has 1 aliphatic rings. The molecule has 0 bridgehead atoms. The number of carbonyl (C=O) groups excluding carboxylic acids is 2. The van der Waals surface area contributed by atoms with Crippen molar-refractivity contribution >= 4 is 57.1 Å². The Kier molecular flexibility index (Phi) is 6.63. The summed E-state index contributed by atoms with van der Waals surface area (Å²) >= 11 is 9.65. The van der Waals surface area contributed by atoms with Crippen molar-refractivity contribution in [3.05, 3.63) is 57.0 Å². The van der Waals surface area contributed by atoms with E-state index in [2.05, 4.69) is 21.4 Å². The third-order valence-corrected chi connectivity index (χ3v) is 5.44. The number of nitrogens with one attached hydrogen (secondary N) is 1. The Labute approximate surface area is 185 Å². The van der Waals surface area contributed by atoms with E-state index in [1.165, 1.54) is 12.1 Å². The highest BCUT2D eigenvalue weighted by atomic mass is 79.9. The van der Waals surface area contributed by atoms with E-state index in [-0.39, 0.29) is 28.7 Å². The zero-order chi connectivity index (χ0) is 21.8. The molecule has 0 aliphatic carbocycles. The summed E-state index contributed by atoms with van der Waals surface area (Å²) in [6.07, 6.45) is 1.38. The number of hydrazine groups is 1. The maximum atomic E-state index is 12.8. The molecule has 2 aromatic rings. The van der Waals surface area contributed by atoms with Crippen LogP contribution in [0.4, 0.5) is 5.69 Å². The van der Waals surface area contributed by atoms with Crippen LogP contribution in [0.3, 0.4) is 0 Å². The van der Waals surface area contributed by atoms with E-state index in [1.54, 1.807) is 37.3 Å². The number of nitrogens with zero attached hydrogens (tertiary/aromatic N) is 1.